The van der Waals surface area contributed by atoms with Crippen LogP contribution in [-0.4, -0.2) is 43.4 Å². The summed E-state index contributed by atoms with van der Waals surface area (Å²) in [7, 11) is 1.40. The summed E-state index contributed by atoms with van der Waals surface area (Å²) in [6.07, 6.45) is 1.62. The van der Waals surface area contributed by atoms with Gasteiger partial charge in [-0.25, -0.2) is 9.78 Å². The molecule has 10 nitrogen and oxygen atoms in total. The fraction of sp³-hybridized carbons (Fsp3) is 0.0800. The molecule has 35 heavy (non-hydrogen) atoms. The summed E-state index contributed by atoms with van der Waals surface area (Å²) in [4.78, 5) is 35.0. The molecule has 3 aromatic heterocycles. The standard InChI is InChI=1S/C25H19N3O7/c1-11-8-17(30)22(31)23(35-11)21-20(12-6-7-16(29)18(9-12)34-2)27-24(28-21)14-10-26-15-5-3-4-13(19(14)15)25(32)33/h3-10,26,29,31H,1-2H3,(H,27,28)(H,32,33). The molecule has 0 atom stereocenters. The number of methoxy groups -OCH3 is 1. The maximum Gasteiger partial charge on any atom is 0.336 e. The van der Waals surface area contributed by atoms with Crippen LogP contribution in [0, 0.1) is 6.92 Å². The number of ether oxygens (including phenoxy) is 1. The van der Waals surface area contributed by atoms with E-state index in [9.17, 15) is 24.9 Å². The van der Waals surface area contributed by atoms with Crippen LogP contribution >= 0.6 is 0 Å². The van der Waals surface area contributed by atoms with Crippen molar-refractivity contribution in [2.45, 2.75) is 6.92 Å². The molecule has 0 aliphatic heterocycles. The molecule has 0 amide bonds. The quantitative estimate of drug-likeness (QED) is 0.253. The minimum Gasteiger partial charge on any atom is -0.504 e. The Bertz CT molecular complexity index is 1680. The Morgan fingerprint density at radius 1 is 1.14 bits per heavy atom. The summed E-state index contributed by atoms with van der Waals surface area (Å²) in [6, 6.07) is 10.6. The van der Waals surface area contributed by atoms with E-state index in [1.165, 1.54) is 19.2 Å². The number of aryl methyl sites for hydroxylation is 1. The lowest BCUT2D eigenvalue weighted by atomic mass is 10.1. The molecular weight excluding hydrogens is 454 g/mol. The van der Waals surface area contributed by atoms with Gasteiger partial charge in [-0.15, -0.1) is 0 Å². The first-order valence-corrected chi connectivity index (χ1v) is 10.4. The van der Waals surface area contributed by atoms with Crippen molar-refractivity contribution in [3.8, 4) is 51.3 Å². The van der Waals surface area contributed by atoms with E-state index in [2.05, 4.69) is 15.0 Å². The number of rotatable bonds is 5. The van der Waals surface area contributed by atoms with Gasteiger partial charge in [0.25, 0.3) is 0 Å². The first-order valence-electron chi connectivity index (χ1n) is 10.4. The van der Waals surface area contributed by atoms with Crippen LogP contribution in [0.5, 0.6) is 17.2 Å². The Morgan fingerprint density at radius 2 is 1.94 bits per heavy atom. The van der Waals surface area contributed by atoms with E-state index in [-0.39, 0.29) is 45.8 Å². The van der Waals surface area contributed by atoms with Crippen LogP contribution < -0.4 is 10.2 Å². The van der Waals surface area contributed by atoms with E-state index < -0.39 is 17.1 Å². The van der Waals surface area contributed by atoms with Crippen LogP contribution in [0.25, 0.3) is 45.0 Å². The molecule has 0 aliphatic rings. The number of aromatic carboxylic acids is 1. The molecule has 0 bridgehead atoms. The Morgan fingerprint density at radius 3 is 2.69 bits per heavy atom. The first-order chi connectivity index (χ1) is 16.8. The number of aromatic nitrogens is 3. The Labute approximate surface area is 197 Å². The topological polar surface area (TPSA) is 162 Å². The molecule has 5 N–H and O–H groups in total. The number of hydrogen-bond acceptors (Lipinski definition) is 7. The molecular formula is C25H19N3O7. The number of carboxylic acid groups (broad SMARTS) is 1. The van der Waals surface area contributed by atoms with Gasteiger partial charge in [0.15, 0.2) is 17.3 Å². The second kappa shape index (κ2) is 8.10. The molecule has 0 radical (unpaired) electrons. The second-order valence-corrected chi connectivity index (χ2v) is 7.83. The smallest absolute Gasteiger partial charge is 0.336 e. The van der Waals surface area contributed by atoms with Crippen molar-refractivity contribution in [2.24, 2.45) is 0 Å². The minimum atomic E-state index is -1.10. The number of nitrogens with zero attached hydrogens (tertiary/aromatic N) is 1. The molecule has 5 aromatic rings. The van der Waals surface area contributed by atoms with Crippen LogP contribution in [0.3, 0.4) is 0 Å². The molecule has 0 fully saturated rings. The molecule has 0 saturated heterocycles. The number of phenols is 1. The van der Waals surface area contributed by atoms with Crippen LogP contribution in [-0.2, 0) is 0 Å². The number of carbonyl (C=O) groups is 1. The maximum absolute atomic E-state index is 12.3. The number of benzene rings is 2. The Balaban J connectivity index is 1.82. The molecule has 5 rings (SSSR count). The zero-order chi connectivity index (χ0) is 24.9. The van der Waals surface area contributed by atoms with Gasteiger partial charge in [0, 0.05) is 34.3 Å². The number of carboxylic acids is 1. The van der Waals surface area contributed by atoms with Crippen molar-refractivity contribution in [2.75, 3.05) is 7.11 Å². The summed E-state index contributed by atoms with van der Waals surface area (Å²) in [6.45, 7) is 1.57. The van der Waals surface area contributed by atoms with E-state index in [0.717, 1.165) is 6.07 Å². The molecule has 0 spiro atoms. The monoisotopic (exact) mass is 473 g/mol. The highest BCUT2D eigenvalue weighted by Gasteiger charge is 2.24. The van der Waals surface area contributed by atoms with Crippen molar-refractivity contribution < 1.29 is 29.3 Å². The Kier molecular flexibility index (Phi) is 5.05. The third kappa shape index (κ3) is 3.57. The van der Waals surface area contributed by atoms with E-state index in [1.54, 1.807) is 37.4 Å². The van der Waals surface area contributed by atoms with E-state index in [0.29, 0.717) is 22.0 Å². The number of H-pyrrole nitrogens is 2. The summed E-state index contributed by atoms with van der Waals surface area (Å²) >= 11 is 0. The summed E-state index contributed by atoms with van der Waals surface area (Å²) in [5, 5.41) is 30.7. The second-order valence-electron chi connectivity index (χ2n) is 7.83. The zero-order valence-corrected chi connectivity index (χ0v) is 18.5. The van der Waals surface area contributed by atoms with Crippen molar-refractivity contribution in [1.29, 1.82) is 0 Å². The number of phenolic OH excluding ortho intramolecular Hbond substituents is 1. The molecule has 10 heteroatoms. The van der Waals surface area contributed by atoms with Gasteiger partial charge in [0.1, 0.15) is 23.0 Å². The SMILES string of the molecule is COc1cc(-c2nc(-c3c[nH]c4cccc(C(=O)O)c34)[nH]c2-c2oc(C)cc(=O)c2O)ccc1O. The number of aromatic amines is 2. The highest BCUT2D eigenvalue weighted by molar-refractivity contribution is 6.09. The largest absolute Gasteiger partial charge is 0.504 e. The molecule has 176 valence electrons. The summed E-state index contributed by atoms with van der Waals surface area (Å²) in [5.41, 5.74) is 1.46. The van der Waals surface area contributed by atoms with Gasteiger partial charge in [0.05, 0.1) is 12.7 Å². The van der Waals surface area contributed by atoms with Crippen LogP contribution in [0.1, 0.15) is 16.1 Å². The summed E-state index contributed by atoms with van der Waals surface area (Å²) < 4.78 is 10.9. The van der Waals surface area contributed by atoms with Crippen molar-refractivity contribution in [3.05, 3.63) is 70.2 Å². The lowest BCUT2D eigenvalue weighted by Crippen LogP contribution is -2.01. The predicted molar refractivity (Wildman–Crippen MR) is 127 cm³/mol. The fourth-order valence-electron chi connectivity index (χ4n) is 4.02. The van der Waals surface area contributed by atoms with Gasteiger partial charge >= 0.3 is 5.97 Å². The van der Waals surface area contributed by atoms with Crippen molar-refractivity contribution >= 4 is 16.9 Å². The maximum atomic E-state index is 12.3. The van der Waals surface area contributed by atoms with E-state index in [1.807, 2.05) is 0 Å². The average Bonchev–Trinajstić information content (AvgIpc) is 3.46. The number of hydrogen-bond donors (Lipinski definition) is 5. The number of imidazole rings is 1. The van der Waals surface area contributed by atoms with Crippen molar-refractivity contribution in [3.63, 3.8) is 0 Å². The molecule has 3 heterocycles. The first kappa shape index (κ1) is 21.8. The fourth-order valence-corrected chi connectivity index (χ4v) is 4.02. The van der Waals surface area contributed by atoms with Crippen LogP contribution in [0.4, 0.5) is 0 Å². The predicted octanol–water partition coefficient (Wildman–Crippen LogP) is 4.27. The summed E-state index contributed by atoms with van der Waals surface area (Å²) in [5.74, 6) is -1.19. The van der Waals surface area contributed by atoms with Gasteiger partial charge < -0.3 is 34.4 Å². The molecule has 0 unspecified atom stereocenters. The molecule has 2 aromatic carbocycles. The highest BCUT2D eigenvalue weighted by atomic mass is 16.5. The highest BCUT2D eigenvalue weighted by Crippen LogP contribution is 2.40. The number of nitrogens with one attached hydrogen (secondary N) is 2. The van der Waals surface area contributed by atoms with Gasteiger partial charge in [-0.1, -0.05) is 6.07 Å². The molecule has 0 saturated carbocycles. The van der Waals surface area contributed by atoms with Crippen molar-refractivity contribution in [1.82, 2.24) is 15.0 Å². The van der Waals surface area contributed by atoms with E-state index >= 15 is 0 Å². The Hall–Kier alpha value is -4.99. The minimum absolute atomic E-state index is 0.0782. The third-order valence-electron chi connectivity index (χ3n) is 5.62. The average molecular weight is 473 g/mol. The zero-order valence-electron chi connectivity index (χ0n) is 18.5. The van der Waals surface area contributed by atoms with Crippen LogP contribution in [0.15, 0.2) is 57.9 Å². The van der Waals surface area contributed by atoms with Gasteiger partial charge in [0.2, 0.25) is 11.2 Å². The van der Waals surface area contributed by atoms with Gasteiger partial charge in [-0.2, -0.15) is 0 Å². The lowest BCUT2D eigenvalue weighted by Gasteiger charge is -2.08. The normalized spacial score (nSPS) is 11.1. The third-order valence-corrected chi connectivity index (χ3v) is 5.62. The van der Waals surface area contributed by atoms with Crippen LogP contribution in [0.2, 0.25) is 0 Å². The van der Waals surface area contributed by atoms with E-state index in [4.69, 9.17) is 9.15 Å². The molecule has 0 aliphatic carbocycles. The van der Waals surface area contributed by atoms with Gasteiger partial charge in [-0.3, -0.25) is 4.79 Å². The lowest BCUT2D eigenvalue weighted by molar-refractivity contribution is 0.0699. The number of fused-ring (bicyclic) bond motifs is 1. The number of aromatic hydroxyl groups is 2. The van der Waals surface area contributed by atoms with Gasteiger partial charge in [-0.05, 0) is 37.3 Å².